The number of rotatable bonds is 3. The molecule has 1 aliphatic heterocycles. The largest absolute Gasteiger partial charge is 0.394 e. The molecule has 1 aromatic carbocycles. The van der Waals surface area contributed by atoms with E-state index >= 15 is 0 Å². The van der Waals surface area contributed by atoms with Gasteiger partial charge in [0.15, 0.2) is 11.9 Å². The summed E-state index contributed by atoms with van der Waals surface area (Å²) in [5, 5.41) is 30.3. The lowest BCUT2D eigenvalue weighted by molar-refractivity contribution is -0.0508. The van der Waals surface area contributed by atoms with Gasteiger partial charge in [-0.05, 0) is 5.56 Å². The maximum Gasteiger partial charge on any atom is 0.223 e. The van der Waals surface area contributed by atoms with Crippen LogP contribution in [-0.4, -0.2) is 54.8 Å². The number of aliphatic hydroxyl groups excluding tert-OH is 3. The lowest BCUT2D eigenvalue weighted by atomic mass is 10.1. The Morgan fingerprint density at radius 3 is 2.46 bits per heavy atom. The Hall–Kier alpha value is -2.72. The molecule has 0 spiro atoms. The zero-order valence-corrected chi connectivity index (χ0v) is 13.7. The molecule has 136 valence electrons. The molecule has 0 unspecified atom stereocenters. The van der Waals surface area contributed by atoms with Gasteiger partial charge >= 0.3 is 0 Å². The van der Waals surface area contributed by atoms with E-state index < -0.39 is 31.1 Å². The van der Waals surface area contributed by atoms with Crippen LogP contribution in [0.1, 0.15) is 6.23 Å². The second-order valence-electron chi connectivity index (χ2n) is 6.21. The number of aromatic nitrogens is 3. The van der Waals surface area contributed by atoms with Crippen molar-refractivity contribution >= 4 is 22.8 Å². The highest BCUT2D eigenvalue weighted by atomic mass is 16.6. The van der Waals surface area contributed by atoms with E-state index in [0.29, 0.717) is 11.0 Å². The Balaban J connectivity index is 1.94. The van der Waals surface area contributed by atoms with Crippen molar-refractivity contribution in [1.82, 2.24) is 14.5 Å². The lowest BCUT2D eigenvalue weighted by Gasteiger charge is -2.17. The number of fused-ring (bicyclic) bond motifs is 1. The van der Waals surface area contributed by atoms with E-state index in [9.17, 15) is 15.3 Å². The smallest absolute Gasteiger partial charge is 0.223 e. The minimum absolute atomic E-state index is 0.0132. The molecule has 0 bridgehead atoms. The van der Waals surface area contributed by atoms with Crippen LogP contribution < -0.4 is 11.5 Å². The van der Waals surface area contributed by atoms with Crippen molar-refractivity contribution in [3.05, 3.63) is 36.5 Å². The molecule has 9 nitrogen and oxygen atoms in total. The van der Waals surface area contributed by atoms with E-state index in [1.165, 1.54) is 0 Å². The third kappa shape index (κ3) is 2.49. The van der Waals surface area contributed by atoms with Crippen LogP contribution in [0.15, 0.2) is 36.5 Å². The predicted molar refractivity (Wildman–Crippen MR) is 94.8 cm³/mol. The van der Waals surface area contributed by atoms with E-state index in [2.05, 4.69) is 9.97 Å². The summed E-state index contributed by atoms with van der Waals surface area (Å²) in [5.41, 5.74) is 13.8. The van der Waals surface area contributed by atoms with Crippen LogP contribution in [0.25, 0.3) is 22.2 Å². The zero-order valence-electron chi connectivity index (χ0n) is 13.7. The minimum Gasteiger partial charge on any atom is -0.394 e. The molecular weight excluding hydrogens is 338 g/mol. The molecule has 7 N–H and O–H groups in total. The van der Waals surface area contributed by atoms with Gasteiger partial charge in [0, 0.05) is 11.8 Å². The van der Waals surface area contributed by atoms with Crippen molar-refractivity contribution in [2.24, 2.45) is 0 Å². The Labute approximate surface area is 148 Å². The molecule has 3 aromatic rings. The number of hydrogen-bond donors (Lipinski definition) is 5. The van der Waals surface area contributed by atoms with Gasteiger partial charge in [0.2, 0.25) is 5.95 Å². The number of aliphatic hydroxyl groups is 3. The second-order valence-corrected chi connectivity index (χ2v) is 6.21. The first kappa shape index (κ1) is 16.7. The van der Waals surface area contributed by atoms with Crippen LogP contribution in [0.4, 0.5) is 11.8 Å². The van der Waals surface area contributed by atoms with Crippen molar-refractivity contribution in [3.63, 3.8) is 0 Å². The molecule has 9 heteroatoms. The number of ether oxygens (including phenoxy) is 1. The fraction of sp³-hybridized carbons (Fsp3) is 0.294. The Morgan fingerprint density at radius 2 is 1.81 bits per heavy atom. The molecule has 2 aromatic heterocycles. The summed E-state index contributed by atoms with van der Waals surface area (Å²) < 4.78 is 7.19. The van der Waals surface area contributed by atoms with Gasteiger partial charge in [-0.15, -0.1) is 0 Å². The molecule has 0 radical (unpaired) electrons. The van der Waals surface area contributed by atoms with Crippen LogP contribution >= 0.6 is 0 Å². The van der Waals surface area contributed by atoms with Gasteiger partial charge in [-0.3, -0.25) is 0 Å². The summed E-state index contributed by atoms with van der Waals surface area (Å²) in [6.45, 7) is -0.418. The van der Waals surface area contributed by atoms with Gasteiger partial charge < -0.3 is 36.1 Å². The first-order valence-electron chi connectivity index (χ1n) is 8.12. The summed E-state index contributed by atoms with van der Waals surface area (Å²) in [6, 6.07) is 9.49. The highest BCUT2D eigenvalue weighted by Gasteiger charge is 2.44. The van der Waals surface area contributed by atoms with Gasteiger partial charge in [-0.1, -0.05) is 30.3 Å². The van der Waals surface area contributed by atoms with Crippen molar-refractivity contribution < 1.29 is 20.1 Å². The van der Waals surface area contributed by atoms with Crippen molar-refractivity contribution in [3.8, 4) is 11.1 Å². The van der Waals surface area contributed by atoms with Crippen molar-refractivity contribution in [2.45, 2.75) is 24.5 Å². The quantitative estimate of drug-likeness (QED) is 0.435. The average Bonchev–Trinajstić information content (AvgIpc) is 3.14. The summed E-state index contributed by atoms with van der Waals surface area (Å²) in [4.78, 5) is 8.28. The second kappa shape index (κ2) is 6.22. The molecule has 0 saturated carbocycles. The maximum atomic E-state index is 10.4. The third-order valence-electron chi connectivity index (χ3n) is 4.59. The lowest BCUT2D eigenvalue weighted by Crippen LogP contribution is -2.33. The third-order valence-corrected chi connectivity index (χ3v) is 4.59. The monoisotopic (exact) mass is 357 g/mol. The molecule has 0 aliphatic carbocycles. The fourth-order valence-electron chi connectivity index (χ4n) is 3.33. The summed E-state index contributed by atoms with van der Waals surface area (Å²) in [6.07, 6.45) is -2.59. The topological polar surface area (TPSA) is 153 Å². The van der Waals surface area contributed by atoms with Gasteiger partial charge in [-0.25, -0.2) is 0 Å². The number of nitrogen functional groups attached to an aromatic ring is 2. The van der Waals surface area contributed by atoms with Crippen LogP contribution in [0.3, 0.4) is 0 Å². The van der Waals surface area contributed by atoms with Gasteiger partial charge in [0.25, 0.3) is 0 Å². The average molecular weight is 357 g/mol. The zero-order chi connectivity index (χ0) is 18.4. The van der Waals surface area contributed by atoms with Crippen LogP contribution in [0, 0.1) is 0 Å². The molecule has 26 heavy (non-hydrogen) atoms. The number of nitrogens with zero attached hydrogens (tertiary/aromatic N) is 3. The van der Waals surface area contributed by atoms with E-state index in [-0.39, 0.29) is 11.8 Å². The Kier molecular flexibility index (Phi) is 4.00. The molecule has 1 aliphatic rings. The maximum absolute atomic E-state index is 10.4. The SMILES string of the molecule is Nc1nc(N)c2c(-c3ccccc3)cn([C@@H]3O[C@H](CO)[C@@H](O)[C@H]3O)c2n1. The number of nitrogens with two attached hydrogens (primary N) is 2. The van der Waals surface area contributed by atoms with Crippen molar-refractivity contribution in [2.75, 3.05) is 18.1 Å². The first-order valence-corrected chi connectivity index (χ1v) is 8.12. The van der Waals surface area contributed by atoms with Crippen LogP contribution in [-0.2, 0) is 4.74 Å². The standard InChI is InChI=1S/C17H19N5O4/c18-14-11-9(8-4-2-1-3-5-8)6-22(15(11)21-17(19)20-14)16-13(25)12(24)10(7-23)26-16/h1-6,10,12-13,16,23-25H,7H2,(H4,18,19,20,21)/t10-,12-,13-,16-/m1/s1. The molecular formula is C17H19N5O4. The van der Waals surface area contributed by atoms with E-state index in [1.54, 1.807) is 10.8 Å². The molecule has 1 fully saturated rings. The van der Waals surface area contributed by atoms with Crippen molar-refractivity contribution in [1.29, 1.82) is 0 Å². The van der Waals surface area contributed by atoms with Gasteiger partial charge in [0.05, 0.1) is 12.0 Å². The van der Waals surface area contributed by atoms with E-state index in [4.69, 9.17) is 16.2 Å². The predicted octanol–water partition coefficient (Wildman–Crippen LogP) is -0.126. The number of hydrogen-bond acceptors (Lipinski definition) is 8. The van der Waals surface area contributed by atoms with Crippen LogP contribution in [0.5, 0.6) is 0 Å². The molecule has 4 atom stereocenters. The van der Waals surface area contributed by atoms with Crippen LogP contribution in [0.2, 0.25) is 0 Å². The summed E-state index contributed by atoms with van der Waals surface area (Å²) in [5.74, 6) is 0.192. The minimum atomic E-state index is -1.25. The van der Waals surface area contributed by atoms with E-state index in [0.717, 1.165) is 11.1 Å². The van der Waals surface area contributed by atoms with E-state index in [1.807, 2.05) is 30.3 Å². The summed E-state index contributed by atoms with van der Waals surface area (Å²) in [7, 11) is 0. The highest BCUT2D eigenvalue weighted by molar-refractivity contribution is 6.01. The molecule has 4 rings (SSSR count). The normalized spacial score (nSPS) is 25.8. The van der Waals surface area contributed by atoms with Gasteiger partial charge in [0.1, 0.15) is 24.1 Å². The molecule has 0 amide bonds. The van der Waals surface area contributed by atoms with Gasteiger partial charge in [-0.2, -0.15) is 9.97 Å². The first-order chi connectivity index (χ1) is 12.5. The Morgan fingerprint density at radius 1 is 1.08 bits per heavy atom. The fourth-order valence-corrected chi connectivity index (χ4v) is 3.33. The molecule has 3 heterocycles. The highest BCUT2D eigenvalue weighted by Crippen LogP contribution is 2.38. The molecule has 1 saturated heterocycles. The Bertz CT molecular complexity index is 945. The number of anilines is 2. The number of benzene rings is 1. The summed E-state index contributed by atoms with van der Waals surface area (Å²) >= 11 is 0.